The van der Waals surface area contributed by atoms with E-state index in [9.17, 15) is 0 Å². The van der Waals surface area contributed by atoms with Crippen molar-refractivity contribution in [2.45, 2.75) is 45.4 Å². The summed E-state index contributed by atoms with van der Waals surface area (Å²) in [6.45, 7) is 8.19. The van der Waals surface area contributed by atoms with Crippen LogP contribution in [0.25, 0.3) is 0 Å². The number of aryl methyl sites for hydroxylation is 1. The molecule has 0 bridgehead atoms. The predicted octanol–water partition coefficient (Wildman–Crippen LogP) is 3.43. The zero-order chi connectivity index (χ0) is 11.4. The molecule has 1 fully saturated rings. The average molecular weight is 238 g/mol. The van der Waals surface area contributed by atoms with Crippen molar-refractivity contribution in [3.63, 3.8) is 0 Å². The van der Waals surface area contributed by atoms with E-state index in [2.05, 4.69) is 29.1 Å². The molecule has 1 saturated heterocycles. The van der Waals surface area contributed by atoms with Crippen LogP contribution in [-0.2, 0) is 0 Å². The number of aromatic nitrogens is 1. The van der Waals surface area contributed by atoms with Gasteiger partial charge in [0.2, 0.25) is 0 Å². The third-order valence-corrected chi connectivity index (χ3v) is 4.26. The first-order chi connectivity index (χ1) is 7.79. The van der Waals surface area contributed by atoms with Gasteiger partial charge in [0.15, 0.2) is 0 Å². The molecule has 16 heavy (non-hydrogen) atoms. The number of hydrogen-bond donors (Lipinski definition) is 0. The van der Waals surface area contributed by atoms with E-state index in [1.807, 2.05) is 0 Å². The third-order valence-electron chi connectivity index (χ3n) is 3.47. The standard InChI is InChI=1S/C13H22N2S/c1-3-4-7-15-8-5-12(6-9-15)13-10-16-11(2)14-13/h10,12H,3-9H2,1-2H3. The minimum absolute atomic E-state index is 0.725. The van der Waals surface area contributed by atoms with Crippen molar-refractivity contribution in [1.82, 2.24) is 9.88 Å². The summed E-state index contributed by atoms with van der Waals surface area (Å²) in [4.78, 5) is 7.23. The molecule has 2 nitrogen and oxygen atoms in total. The third kappa shape index (κ3) is 3.05. The molecule has 3 heteroatoms. The van der Waals surface area contributed by atoms with Gasteiger partial charge in [0, 0.05) is 11.3 Å². The van der Waals surface area contributed by atoms with Gasteiger partial charge >= 0.3 is 0 Å². The topological polar surface area (TPSA) is 16.1 Å². The van der Waals surface area contributed by atoms with Gasteiger partial charge < -0.3 is 4.90 Å². The van der Waals surface area contributed by atoms with Crippen molar-refractivity contribution in [3.05, 3.63) is 16.1 Å². The summed E-state index contributed by atoms with van der Waals surface area (Å²) in [5.74, 6) is 0.725. The lowest BCUT2D eigenvalue weighted by Crippen LogP contribution is -2.33. The Morgan fingerprint density at radius 1 is 1.44 bits per heavy atom. The van der Waals surface area contributed by atoms with Crippen LogP contribution in [0.2, 0.25) is 0 Å². The quantitative estimate of drug-likeness (QED) is 0.799. The first-order valence-corrected chi connectivity index (χ1v) is 7.32. The van der Waals surface area contributed by atoms with E-state index in [-0.39, 0.29) is 0 Å². The van der Waals surface area contributed by atoms with Crippen molar-refractivity contribution in [1.29, 1.82) is 0 Å². The lowest BCUT2D eigenvalue weighted by Gasteiger charge is -2.31. The van der Waals surface area contributed by atoms with Gasteiger partial charge in [0.1, 0.15) is 0 Å². The van der Waals surface area contributed by atoms with Gasteiger partial charge in [-0.15, -0.1) is 11.3 Å². The first-order valence-electron chi connectivity index (χ1n) is 6.44. The van der Waals surface area contributed by atoms with Crippen LogP contribution in [0.3, 0.4) is 0 Å². The van der Waals surface area contributed by atoms with Crippen molar-refractivity contribution in [2.75, 3.05) is 19.6 Å². The average Bonchev–Trinajstić information content (AvgIpc) is 2.74. The second-order valence-electron chi connectivity index (χ2n) is 4.76. The van der Waals surface area contributed by atoms with Gasteiger partial charge in [-0.2, -0.15) is 0 Å². The van der Waals surface area contributed by atoms with Crippen LogP contribution in [0.1, 0.15) is 49.2 Å². The Morgan fingerprint density at radius 2 is 2.19 bits per heavy atom. The molecule has 1 aromatic heterocycles. The molecule has 2 heterocycles. The van der Waals surface area contributed by atoms with E-state index < -0.39 is 0 Å². The summed E-state index contributed by atoms with van der Waals surface area (Å²) in [7, 11) is 0. The molecule has 0 aliphatic carbocycles. The Hall–Kier alpha value is -0.410. The Labute approximate surface area is 103 Å². The number of thiazole rings is 1. The fraction of sp³-hybridized carbons (Fsp3) is 0.769. The van der Waals surface area contributed by atoms with E-state index >= 15 is 0 Å². The Bertz CT molecular complexity index is 313. The Morgan fingerprint density at radius 3 is 2.75 bits per heavy atom. The molecule has 0 spiro atoms. The zero-order valence-corrected chi connectivity index (χ0v) is 11.2. The molecule has 0 N–H and O–H groups in total. The number of unbranched alkanes of at least 4 members (excludes halogenated alkanes) is 1. The van der Waals surface area contributed by atoms with Gasteiger partial charge in [0.25, 0.3) is 0 Å². The molecular formula is C13H22N2S. The molecule has 90 valence electrons. The van der Waals surface area contributed by atoms with Crippen molar-refractivity contribution in [3.8, 4) is 0 Å². The Balaban J connectivity index is 1.81. The van der Waals surface area contributed by atoms with Gasteiger partial charge in [-0.3, -0.25) is 0 Å². The Kier molecular flexibility index (Phi) is 4.36. The second-order valence-corrected chi connectivity index (χ2v) is 5.82. The zero-order valence-electron chi connectivity index (χ0n) is 10.4. The maximum Gasteiger partial charge on any atom is 0.0897 e. The molecule has 0 saturated carbocycles. The molecule has 0 radical (unpaired) electrons. The van der Waals surface area contributed by atoms with Gasteiger partial charge in [0.05, 0.1) is 10.7 Å². The SMILES string of the molecule is CCCCN1CCC(c2csc(C)n2)CC1. The smallest absolute Gasteiger partial charge is 0.0897 e. The highest BCUT2D eigenvalue weighted by Crippen LogP contribution is 2.28. The molecule has 1 aliphatic rings. The monoisotopic (exact) mass is 238 g/mol. The van der Waals surface area contributed by atoms with Crippen molar-refractivity contribution < 1.29 is 0 Å². The summed E-state index contributed by atoms with van der Waals surface area (Å²) in [6.07, 6.45) is 5.26. The minimum atomic E-state index is 0.725. The maximum absolute atomic E-state index is 4.62. The number of hydrogen-bond acceptors (Lipinski definition) is 3. The van der Waals surface area contributed by atoms with Crippen molar-refractivity contribution in [2.24, 2.45) is 0 Å². The van der Waals surface area contributed by atoms with Crippen LogP contribution in [0.15, 0.2) is 5.38 Å². The van der Waals surface area contributed by atoms with E-state index in [4.69, 9.17) is 0 Å². The molecule has 1 aromatic rings. The fourth-order valence-corrected chi connectivity index (χ4v) is 3.10. The molecule has 0 amide bonds. The van der Waals surface area contributed by atoms with E-state index in [0.717, 1.165) is 5.92 Å². The highest BCUT2D eigenvalue weighted by Gasteiger charge is 2.21. The predicted molar refractivity (Wildman–Crippen MR) is 70.2 cm³/mol. The normalized spacial score (nSPS) is 19.1. The van der Waals surface area contributed by atoms with Gasteiger partial charge in [-0.1, -0.05) is 13.3 Å². The minimum Gasteiger partial charge on any atom is -0.303 e. The molecular weight excluding hydrogens is 216 g/mol. The number of likely N-dealkylation sites (tertiary alicyclic amines) is 1. The summed E-state index contributed by atoms with van der Waals surface area (Å²) >= 11 is 1.79. The largest absolute Gasteiger partial charge is 0.303 e. The highest BCUT2D eigenvalue weighted by atomic mass is 32.1. The van der Waals surface area contributed by atoms with Crippen LogP contribution in [0, 0.1) is 6.92 Å². The first kappa shape index (κ1) is 12.1. The summed E-state index contributed by atoms with van der Waals surface area (Å²) in [6, 6.07) is 0. The molecule has 0 aromatic carbocycles. The lowest BCUT2D eigenvalue weighted by molar-refractivity contribution is 0.208. The fourth-order valence-electron chi connectivity index (χ4n) is 2.40. The van der Waals surface area contributed by atoms with E-state index in [1.54, 1.807) is 11.3 Å². The number of rotatable bonds is 4. The number of nitrogens with zero attached hydrogens (tertiary/aromatic N) is 2. The van der Waals surface area contributed by atoms with Crippen LogP contribution in [0.5, 0.6) is 0 Å². The highest BCUT2D eigenvalue weighted by molar-refractivity contribution is 7.09. The second kappa shape index (κ2) is 5.78. The van der Waals surface area contributed by atoms with Gasteiger partial charge in [-0.25, -0.2) is 4.98 Å². The molecule has 1 aliphatic heterocycles. The summed E-state index contributed by atoms with van der Waals surface area (Å²) in [5, 5.41) is 3.46. The van der Waals surface area contributed by atoms with Crippen LogP contribution in [-0.4, -0.2) is 29.5 Å². The van der Waals surface area contributed by atoms with Crippen molar-refractivity contribution >= 4 is 11.3 Å². The summed E-state index contributed by atoms with van der Waals surface area (Å²) in [5.41, 5.74) is 1.35. The molecule has 0 unspecified atom stereocenters. The van der Waals surface area contributed by atoms with Crippen LogP contribution in [0.4, 0.5) is 0 Å². The van der Waals surface area contributed by atoms with Crippen LogP contribution >= 0.6 is 11.3 Å². The van der Waals surface area contributed by atoms with Gasteiger partial charge in [-0.05, 0) is 45.8 Å². The number of piperidine rings is 1. The summed E-state index contributed by atoms with van der Waals surface area (Å²) < 4.78 is 0. The molecule has 0 atom stereocenters. The maximum atomic E-state index is 4.62. The molecule has 2 rings (SSSR count). The van der Waals surface area contributed by atoms with Crippen LogP contribution < -0.4 is 0 Å². The lowest BCUT2D eigenvalue weighted by atomic mass is 9.94. The van der Waals surface area contributed by atoms with E-state index in [0.29, 0.717) is 0 Å². The van der Waals surface area contributed by atoms with E-state index in [1.165, 1.54) is 56.0 Å².